The summed E-state index contributed by atoms with van der Waals surface area (Å²) in [5, 5.41) is 9.35. The van der Waals surface area contributed by atoms with E-state index >= 15 is 0 Å². The van der Waals surface area contributed by atoms with Crippen molar-refractivity contribution < 1.29 is 17.4 Å². The van der Waals surface area contributed by atoms with E-state index < -0.39 is 15.8 Å². The fraction of sp³-hybridized carbons (Fsp3) is 0.320. The molecule has 0 saturated heterocycles. The van der Waals surface area contributed by atoms with E-state index in [1.165, 1.54) is 73.6 Å². The summed E-state index contributed by atoms with van der Waals surface area (Å²) >= 11 is 0. The maximum atomic E-state index is 2.51. The molecule has 6 aromatic carbocycles. The summed E-state index contributed by atoms with van der Waals surface area (Å²) in [4.78, 5) is 0. The standard InChI is InChI=1S/C45H55P2.C5H5.Cr/c1-5-9-22-36-26-13-17-30-40(36)46(41-31-18-14-27-37(41)23-10-6-2)44-34-21-35-45(44)47(42-32-19-15-28-38(42)24-11-7-3)43-33-20-16-29-39(43)25-12-8-4;1-2-4-5-3-1;/h13-21,26-35H,5-12,22-25H2,1-4H3;1-5H;/q-1;-5;. The van der Waals surface area contributed by atoms with E-state index in [9.17, 15) is 0 Å². The minimum atomic E-state index is -0.743. The molecular formula is C50H60CrP2-6. The molecule has 0 aliphatic rings. The second kappa shape index (κ2) is 23.7. The molecule has 0 aliphatic carbocycles. The Bertz CT molecular complexity index is 1620. The van der Waals surface area contributed by atoms with Gasteiger partial charge in [0.2, 0.25) is 0 Å². The van der Waals surface area contributed by atoms with E-state index in [1.807, 2.05) is 30.3 Å². The molecule has 0 aromatic heterocycles. The van der Waals surface area contributed by atoms with Crippen LogP contribution in [0, 0.1) is 0 Å². The van der Waals surface area contributed by atoms with Crippen LogP contribution < -0.4 is 31.8 Å². The minimum absolute atomic E-state index is 0. The molecular weight excluding hydrogens is 714 g/mol. The maximum absolute atomic E-state index is 2.51. The molecule has 0 nitrogen and oxygen atoms in total. The summed E-state index contributed by atoms with van der Waals surface area (Å²) in [5.74, 6) is 0. The third-order valence-corrected chi connectivity index (χ3v) is 15.5. The molecule has 0 atom stereocenters. The average molecular weight is 775 g/mol. The molecule has 0 heterocycles. The second-order valence-corrected chi connectivity index (χ2v) is 18.1. The van der Waals surface area contributed by atoms with Gasteiger partial charge in [0.25, 0.3) is 0 Å². The second-order valence-electron chi connectivity index (χ2n) is 13.9. The van der Waals surface area contributed by atoms with Gasteiger partial charge in [-0.15, -0.1) is 10.6 Å². The predicted molar refractivity (Wildman–Crippen MR) is 236 cm³/mol. The zero-order chi connectivity index (χ0) is 36.4. The molecule has 0 bridgehead atoms. The quantitative estimate of drug-likeness (QED) is 0.0603. The van der Waals surface area contributed by atoms with Crippen molar-refractivity contribution in [2.24, 2.45) is 0 Å². The summed E-state index contributed by atoms with van der Waals surface area (Å²) in [6.07, 6.45) is 14.4. The first-order chi connectivity index (χ1) is 25.7. The first-order valence-corrected chi connectivity index (χ1v) is 22.7. The summed E-state index contributed by atoms with van der Waals surface area (Å²) in [5.41, 5.74) is 6.14. The summed E-state index contributed by atoms with van der Waals surface area (Å²) in [6, 6.07) is 55.1. The van der Waals surface area contributed by atoms with Crippen LogP contribution in [-0.4, -0.2) is 0 Å². The zero-order valence-corrected chi connectivity index (χ0v) is 35.7. The number of benzene rings is 4. The van der Waals surface area contributed by atoms with Crippen molar-refractivity contribution in [3.8, 4) is 0 Å². The van der Waals surface area contributed by atoms with Crippen molar-refractivity contribution in [1.29, 1.82) is 0 Å². The van der Waals surface area contributed by atoms with Crippen molar-refractivity contribution in [3.05, 3.63) is 168 Å². The third kappa shape index (κ3) is 11.7. The molecule has 53 heavy (non-hydrogen) atoms. The topological polar surface area (TPSA) is 0 Å². The molecule has 6 rings (SSSR count). The first-order valence-electron chi connectivity index (χ1n) is 20.1. The minimum Gasteiger partial charge on any atom is -0.748 e. The van der Waals surface area contributed by atoms with Gasteiger partial charge in [0.1, 0.15) is 0 Å². The van der Waals surface area contributed by atoms with E-state index in [2.05, 4.69) is 143 Å². The Balaban J connectivity index is 0.000000964. The summed E-state index contributed by atoms with van der Waals surface area (Å²) < 4.78 is 0. The molecule has 0 amide bonds. The summed E-state index contributed by atoms with van der Waals surface area (Å²) in [6.45, 7) is 9.28. The molecule has 0 radical (unpaired) electrons. The van der Waals surface area contributed by atoms with Crippen LogP contribution in [0.4, 0.5) is 0 Å². The van der Waals surface area contributed by atoms with Gasteiger partial charge in [-0.1, -0.05) is 158 Å². The van der Waals surface area contributed by atoms with Gasteiger partial charge in [-0.05, 0) is 103 Å². The molecule has 0 N–H and O–H groups in total. The van der Waals surface area contributed by atoms with Crippen LogP contribution >= 0.6 is 15.8 Å². The SMILES string of the molecule is CCCCc1ccccc1P(c1ccccc1CCCC)c1ccc[c-]1P(c1ccccc1CCCC)c1ccccc1CCCC.[Cr].[cH-]1[cH-][cH-][cH-][cH-]1. The Morgan fingerprint density at radius 3 is 1.09 bits per heavy atom. The molecule has 0 saturated carbocycles. The third-order valence-electron chi connectivity index (χ3n) is 9.94. The van der Waals surface area contributed by atoms with Gasteiger partial charge in [0.05, 0.1) is 0 Å². The van der Waals surface area contributed by atoms with E-state index in [-0.39, 0.29) is 17.4 Å². The van der Waals surface area contributed by atoms with E-state index in [1.54, 1.807) is 31.8 Å². The van der Waals surface area contributed by atoms with Crippen LogP contribution in [0.2, 0.25) is 0 Å². The molecule has 3 heteroatoms. The molecule has 0 unspecified atom stereocenters. The number of hydrogen-bond acceptors (Lipinski definition) is 0. The smallest absolute Gasteiger partial charge is 0 e. The van der Waals surface area contributed by atoms with Crippen molar-refractivity contribution in [2.75, 3.05) is 0 Å². The predicted octanol–water partition coefficient (Wildman–Crippen LogP) is 11.7. The van der Waals surface area contributed by atoms with Crippen LogP contribution in [0.1, 0.15) is 101 Å². The van der Waals surface area contributed by atoms with Crippen LogP contribution in [0.5, 0.6) is 0 Å². The van der Waals surface area contributed by atoms with Gasteiger partial charge < -0.3 is 30.3 Å². The Morgan fingerprint density at radius 2 is 0.736 bits per heavy atom. The molecule has 6 aromatic rings. The Hall–Kier alpha value is -3.03. The normalized spacial score (nSPS) is 11.0. The number of aryl methyl sites for hydroxylation is 4. The van der Waals surface area contributed by atoms with Crippen molar-refractivity contribution in [1.82, 2.24) is 0 Å². The molecule has 282 valence electrons. The Labute approximate surface area is 335 Å². The fourth-order valence-electron chi connectivity index (χ4n) is 7.11. The Kier molecular flexibility index (Phi) is 19.1. The molecule has 0 aliphatic heterocycles. The molecule has 0 fully saturated rings. The van der Waals surface area contributed by atoms with Gasteiger partial charge in [0, 0.05) is 17.4 Å². The van der Waals surface area contributed by atoms with Crippen molar-refractivity contribution in [2.45, 2.75) is 105 Å². The fourth-order valence-corrected chi connectivity index (χ4v) is 13.2. The van der Waals surface area contributed by atoms with Crippen LogP contribution in [-0.2, 0) is 43.0 Å². The first kappa shape index (κ1) is 42.7. The van der Waals surface area contributed by atoms with E-state index in [4.69, 9.17) is 0 Å². The van der Waals surface area contributed by atoms with E-state index in [0.717, 1.165) is 25.7 Å². The molecule has 0 spiro atoms. The van der Waals surface area contributed by atoms with Crippen molar-refractivity contribution in [3.63, 3.8) is 0 Å². The zero-order valence-electron chi connectivity index (χ0n) is 32.6. The van der Waals surface area contributed by atoms with Gasteiger partial charge in [-0.3, -0.25) is 0 Å². The van der Waals surface area contributed by atoms with Crippen LogP contribution in [0.3, 0.4) is 0 Å². The largest absolute Gasteiger partial charge is 0.748 e. The van der Waals surface area contributed by atoms with Gasteiger partial charge in [-0.25, -0.2) is 12.1 Å². The average Bonchev–Trinajstić information content (AvgIpc) is 3.94. The monoisotopic (exact) mass is 774 g/mol. The maximum Gasteiger partial charge on any atom is 0 e. The van der Waals surface area contributed by atoms with Crippen molar-refractivity contribution >= 4 is 47.7 Å². The van der Waals surface area contributed by atoms with E-state index in [0.29, 0.717) is 0 Å². The Morgan fingerprint density at radius 1 is 0.415 bits per heavy atom. The van der Waals surface area contributed by atoms with Gasteiger partial charge in [-0.2, -0.15) is 6.07 Å². The number of unbranched alkanes of at least 4 members (excludes halogenated alkanes) is 4. The number of rotatable bonds is 18. The van der Waals surface area contributed by atoms with Gasteiger partial charge in [0.15, 0.2) is 0 Å². The number of hydrogen-bond donors (Lipinski definition) is 0. The van der Waals surface area contributed by atoms with Crippen LogP contribution in [0.25, 0.3) is 0 Å². The summed E-state index contributed by atoms with van der Waals surface area (Å²) in [7, 11) is -1.49. The van der Waals surface area contributed by atoms with Crippen LogP contribution in [0.15, 0.2) is 146 Å². The van der Waals surface area contributed by atoms with Gasteiger partial charge >= 0.3 is 0 Å².